The Kier molecular flexibility index (Phi) is 8.86. The fraction of sp³-hybridized carbons (Fsp3) is 0.214. The average molecular weight is 710 g/mol. The lowest BCUT2D eigenvalue weighted by Crippen LogP contribution is -2.31. The van der Waals surface area contributed by atoms with Gasteiger partial charge in [0.2, 0.25) is 15.9 Å². The van der Waals surface area contributed by atoms with Crippen molar-refractivity contribution in [2.45, 2.75) is 39.0 Å². The van der Waals surface area contributed by atoms with Crippen LogP contribution >= 0.6 is 31.9 Å². The number of benzene rings is 3. The van der Waals surface area contributed by atoms with Gasteiger partial charge < -0.3 is 4.74 Å². The normalized spacial score (nSPS) is 21.9. The van der Waals surface area contributed by atoms with E-state index in [1.54, 1.807) is 54.6 Å². The molecule has 4 rings (SSSR count). The minimum Gasteiger partial charge on any atom is -0.475 e. The molecule has 12 heteroatoms. The molecule has 0 bridgehead atoms. The molecule has 3 aromatic carbocycles. The molecule has 1 saturated heterocycles. The summed E-state index contributed by atoms with van der Waals surface area (Å²) in [6.07, 6.45) is 1.40. The van der Waals surface area contributed by atoms with Crippen LogP contribution in [0.15, 0.2) is 106 Å². The van der Waals surface area contributed by atoms with E-state index >= 15 is 0 Å². The van der Waals surface area contributed by atoms with Crippen LogP contribution in [-0.4, -0.2) is 54.7 Å². The second kappa shape index (κ2) is 11.7. The topological polar surface area (TPSA) is 110 Å². The maximum Gasteiger partial charge on any atom is 0.285 e. The van der Waals surface area contributed by atoms with E-state index in [0.29, 0.717) is 0 Å². The molecular weight excluding hydrogens is 684 g/mol. The molecule has 3 aromatic rings. The Hall–Kier alpha value is -2.64. The number of alkyl halides is 2. The number of nitrogens with zero attached hydrogens (tertiary/aromatic N) is 2. The van der Waals surface area contributed by atoms with E-state index in [-0.39, 0.29) is 27.9 Å². The van der Waals surface area contributed by atoms with Crippen molar-refractivity contribution in [3.8, 4) is 0 Å². The Morgan fingerprint density at radius 2 is 1.50 bits per heavy atom. The van der Waals surface area contributed by atoms with Gasteiger partial charge in [-0.3, -0.25) is 4.79 Å². The molecule has 0 aliphatic carbocycles. The fourth-order valence-electron chi connectivity index (χ4n) is 4.07. The number of carbonyl (C=O) groups excluding carboxylic acids is 1. The van der Waals surface area contributed by atoms with Crippen molar-refractivity contribution >= 4 is 63.6 Å². The molecule has 1 unspecified atom stereocenters. The molecule has 0 spiro atoms. The van der Waals surface area contributed by atoms with Crippen molar-refractivity contribution in [3.05, 3.63) is 108 Å². The summed E-state index contributed by atoms with van der Waals surface area (Å²) in [5.74, 6) is -0.848. The first kappa shape index (κ1) is 30.3. The second-order valence-corrected chi connectivity index (χ2v) is 14.8. The lowest BCUT2D eigenvalue weighted by molar-refractivity contribution is 0.0971. The molecule has 1 fully saturated rings. The SMILES string of the molecule is C=CCO/C(=N/S(=O)(=O)c1ccc(C)cc1)[C@@H](Br)[C@@H]1N(S(=O)(=O)c2ccc(C)cc2)[C@@]1(Br)C(=O)c1ccccc1. The van der Waals surface area contributed by atoms with E-state index < -0.39 is 41.1 Å². The fourth-order valence-corrected chi connectivity index (χ4v) is 9.86. The number of carbonyl (C=O) groups is 1. The predicted octanol–water partition coefficient (Wildman–Crippen LogP) is 5.40. The molecule has 0 N–H and O–H groups in total. The van der Waals surface area contributed by atoms with Gasteiger partial charge in [-0.15, -0.1) is 4.40 Å². The molecule has 1 aliphatic rings. The zero-order valence-corrected chi connectivity index (χ0v) is 26.4. The van der Waals surface area contributed by atoms with E-state index in [0.717, 1.165) is 15.4 Å². The zero-order chi connectivity index (χ0) is 29.3. The van der Waals surface area contributed by atoms with Crippen molar-refractivity contribution in [2.24, 2.45) is 4.40 Å². The molecular formula is C28H26Br2N2O6S2. The van der Waals surface area contributed by atoms with E-state index in [4.69, 9.17) is 4.74 Å². The molecule has 1 aliphatic heterocycles. The number of ether oxygens (including phenoxy) is 1. The monoisotopic (exact) mass is 708 g/mol. The highest BCUT2D eigenvalue weighted by molar-refractivity contribution is 9.11. The highest BCUT2D eigenvalue weighted by atomic mass is 79.9. The van der Waals surface area contributed by atoms with Gasteiger partial charge in [0.1, 0.15) is 11.4 Å². The van der Waals surface area contributed by atoms with Crippen molar-refractivity contribution in [2.75, 3.05) is 6.61 Å². The molecule has 0 saturated carbocycles. The van der Waals surface area contributed by atoms with Gasteiger partial charge in [0.15, 0.2) is 10.2 Å². The molecule has 4 atom stereocenters. The maximum atomic E-state index is 13.9. The van der Waals surface area contributed by atoms with Gasteiger partial charge in [-0.05, 0) is 38.1 Å². The van der Waals surface area contributed by atoms with Gasteiger partial charge in [0, 0.05) is 5.56 Å². The van der Waals surface area contributed by atoms with Crippen LogP contribution in [-0.2, 0) is 24.8 Å². The summed E-state index contributed by atoms with van der Waals surface area (Å²) in [4.78, 5) is 12.5. The van der Waals surface area contributed by atoms with Crippen molar-refractivity contribution < 1.29 is 26.4 Å². The summed E-state index contributed by atoms with van der Waals surface area (Å²) < 4.78 is 62.9. The minimum absolute atomic E-state index is 0.0252. The maximum absolute atomic E-state index is 13.9. The number of hydrogen-bond donors (Lipinski definition) is 0. The Balaban J connectivity index is 1.82. The van der Waals surface area contributed by atoms with Gasteiger partial charge in [-0.2, -0.15) is 12.7 Å². The first-order chi connectivity index (χ1) is 18.8. The predicted molar refractivity (Wildman–Crippen MR) is 161 cm³/mol. The summed E-state index contributed by atoms with van der Waals surface area (Å²) >= 11 is 6.86. The number of ketones is 1. The van der Waals surface area contributed by atoms with Gasteiger partial charge >= 0.3 is 0 Å². The highest BCUT2D eigenvalue weighted by Gasteiger charge is 2.74. The van der Waals surface area contributed by atoms with Crippen LogP contribution in [0, 0.1) is 13.8 Å². The van der Waals surface area contributed by atoms with E-state index in [9.17, 15) is 21.6 Å². The molecule has 40 heavy (non-hydrogen) atoms. The minimum atomic E-state index is -4.25. The van der Waals surface area contributed by atoms with Crippen LogP contribution in [0.2, 0.25) is 0 Å². The van der Waals surface area contributed by atoms with Gasteiger partial charge in [-0.1, -0.05) is 110 Å². The largest absolute Gasteiger partial charge is 0.475 e. The standard InChI is InChI=1S/C28H26Br2N2O6S2/c1-4-18-38-27(31-39(34,35)22-14-10-19(2)11-15-22)24(29)25-28(30,26(33)21-8-6-5-7-9-21)32(25)40(36,37)23-16-12-20(3)13-17-23/h4-17,24-25H,1,18H2,2-3H3/b31-27+/t24-,25-,28+,32?/m0/s1. The lowest BCUT2D eigenvalue weighted by atomic mass is 10.1. The smallest absolute Gasteiger partial charge is 0.285 e. The summed E-state index contributed by atoms with van der Waals surface area (Å²) in [5, 5.41) is 0. The Labute approximate surface area is 251 Å². The molecule has 0 amide bonds. The molecule has 210 valence electrons. The quantitative estimate of drug-likeness (QED) is 0.0530. The number of halogens is 2. The molecule has 0 aromatic heterocycles. The first-order valence-corrected chi connectivity index (χ1v) is 16.6. The molecule has 0 radical (unpaired) electrons. The third kappa shape index (κ3) is 5.87. The summed E-state index contributed by atoms with van der Waals surface area (Å²) in [6, 6.07) is 19.4. The van der Waals surface area contributed by atoms with Crippen LogP contribution in [0.1, 0.15) is 21.5 Å². The van der Waals surface area contributed by atoms with Crippen molar-refractivity contribution in [3.63, 3.8) is 0 Å². The van der Waals surface area contributed by atoms with E-state index in [1.807, 2.05) is 13.8 Å². The molecule has 8 nitrogen and oxygen atoms in total. The summed E-state index contributed by atoms with van der Waals surface area (Å²) in [7, 11) is -8.48. The number of rotatable bonds is 10. The summed E-state index contributed by atoms with van der Waals surface area (Å²) in [5.41, 5.74) is 1.99. The van der Waals surface area contributed by atoms with Crippen molar-refractivity contribution in [1.29, 1.82) is 0 Å². The summed E-state index contributed by atoms with van der Waals surface area (Å²) in [6.45, 7) is 7.14. The Bertz CT molecular complexity index is 1660. The average Bonchev–Trinajstić information content (AvgIpc) is 3.58. The van der Waals surface area contributed by atoms with Crippen LogP contribution in [0.25, 0.3) is 0 Å². The van der Waals surface area contributed by atoms with Crippen molar-refractivity contribution in [1.82, 2.24) is 4.31 Å². The van der Waals surface area contributed by atoms with E-state index in [1.165, 1.54) is 30.3 Å². The second-order valence-electron chi connectivity index (χ2n) is 9.15. The number of aryl methyl sites for hydroxylation is 2. The Morgan fingerprint density at radius 3 is 2.02 bits per heavy atom. The van der Waals surface area contributed by atoms with Crippen LogP contribution in [0.4, 0.5) is 0 Å². The number of sulfonamides is 2. The third-order valence-electron chi connectivity index (χ3n) is 6.22. The third-order valence-corrected chi connectivity index (χ3v) is 11.7. The van der Waals surface area contributed by atoms with Crippen LogP contribution in [0.3, 0.4) is 0 Å². The first-order valence-electron chi connectivity index (χ1n) is 12.0. The van der Waals surface area contributed by atoms with Gasteiger partial charge in [0.05, 0.1) is 15.8 Å². The van der Waals surface area contributed by atoms with Gasteiger partial charge in [0.25, 0.3) is 10.0 Å². The lowest BCUT2D eigenvalue weighted by Gasteiger charge is -2.14. The Morgan fingerprint density at radius 1 is 0.975 bits per heavy atom. The highest BCUT2D eigenvalue weighted by Crippen LogP contribution is 2.56. The van der Waals surface area contributed by atoms with Crippen LogP contribution < -0.4 is 0 Å². The van der Waals surface area contributed by atoms with Crippen LogP contribution in [0.5, 0.6) is 0 Å². The van der Waals surface area contributed by atoms with E-state index in [2.05, 4.69) is 42.8 Å². The van der Waals surface area contributed by atoms with Gasteiger partial charge in [-0.25, -0.2) is 8.42 Å². The zero-order valence-electron chi connectivity index (χ0n) is 21.6. The number of Topliss-reactive ketones (excluding diaryl/α,β-unsaturated/α-hetero) is 1. The number of hydrogen-bond acceptors (Lipinski definition) is 6. The molecule has 1 heterocycles.